The van der Waals surface area contributed by atoms with Crippen LogP contribution in [0.1, 0.15) is 32.8 Å². The van der Waals surface area contributed by atoms with Crippen LogP contribution in [0.2, 0.25) is 0 Å². The normalized spacial score (nSPS) is 16.2. The Morgan fingerprint density at radius 2 is 1.96 bits per heavy atom. The molecule has 0 spiro atoms. The van der Waals surface area contributed by atoms with Crippen LogP contribution in [0.15, 0.2) is 30.3 Å². The molecule has 1 fully saturated rings. The third-order valence-corrected chi connectivity index (χ3v) is 4.02. The highest BCUT2D eigenvalue weighted by atomic mass is 16.2. The van der Waals surface area contributed by atoms with Crippen molar-refractivity contribution in [1.29, 1.82) is 0 Å². The number of nitrogens with one attached hydrogen (secondary N) is 2. The van der Waals surface area contributed by atoms with E-state index in [1.54, 1.807) is 0 Å². The van der Waals surface area contributed by atoms with Crippen LogP contribution in [0.4, 0.5) is 4.79 Å². The summed E-state index contributed by atoms with van der Waals surface area (Å²) in [6.45, 7) is 5.91. The van der Waals surface area contributed by atoms with Crippen LogP contribution in [0.5, 0.6) is 0 Å². The van der Waals surface area contributed by atoms with Gasteiger partial charge in [0.1, 0.15) is 6.54 Å². The Kier molecular flexibility index (Phi) is 5.03. The Morgan fingerprint density at radius 3 is 2.52 bits per heavy atom. The molecule has 0 aromatic heterocycles. The number of carbonyl (C=O) groups excluding carboxylic acids is 3. The van der Waals surface area contributed by atoms with Crippen molar-refractivity contribution in [3.63, 3.8) is 0 Å². The highest BCUT2D eigenvalue weighted by Gasteiger charge is 2.31. The zero-order chi connectivity index (χ0) is 17.0. The number of rotatable bonds is 6. The summed E-state index contributed by atoms with van der Waals surface area (Å²) in [6, 6.07) is 9.53. The molecular weight excluding hydrogens is 294 g/mol. The molecule has 2 N–H and O–H groups in total. The van der Waals surface area contributed by atoms with Gasteiger partial charge in [0.25, 0.3) is 5.91 Å². The molecule has 1 saturated heterocycles. The maximum atomic E-state index is 12.0. The third-order valence-electron chi connectivity index (χ3n) is 4.02. The summed E-state index contributed by atoms with van der Waals surface area (Å²) < 4.78 is 0. The lowest BCUT2D eigenvalue weighted by Crippen LogP contribution is -2.45. The molecule has 6 heteroatoms. The van der Waals surface area contributed by atoms with Crippen molar-refractivity contribution in [1.82, 2.24) is 15.5 Å². The van der Waals surface area contributed by atoms with Crippen molar-refractivity contribution < 1.29 is 14.4 Å². The monoisotopic (exact) mass is 317 g/mol. The molecule has 1 aliphatic heterocycles. The van der Waals surface area contributed by atoms with Crippen LogP contribution in [-0.4, -0.2) is 41.9 Å². The lowest BCUT2D eigenvalue weighted by atomic mass is 9.79. The van der Waals surface area contributed by atoms with Crippen LogP contribution in [-0.2, 0) is 15.0 Å². The number of carbonyl (C=O) groups is 3. The Hall–Kier alpha value is -2.37. The van der Waals surface area contributed by atoms with Gasteiger partial charge in [0.15, 0.2) is 0 Å². The van der Waals surface area contributed by atoms with E-state index in [4.69, 9.17) is 0 Å². The van der Waals surface area contributed by atoms with Crippen LogP contribution < -0.4 is 10.6 Å². The van der Waals surface area contributed by atoms with E-state index in [0.717, 1.165) is 11.3 Å². The SMILES string of the molecule is CC(CC(C)(C)c1ccccc1)NC(=O)CN1C(=O)CNC1=O. The van der Waals surface area contributed by atoms with Crippen molar-refractivity contribution >= 4 is 17.8 Å². The predicted molar refractivity (Wildman–Crippen MR) is 86.8 cm³/mol. The number of hydrogen-bond acceptors (Lipinski definition) is 3. The smallest absolute Gasteiger partial charge is 0.325 e. The van der Waals surface area contributed by atoms with Crippen molar-refractivity contribution in [2.75, 3.05) is 13.1 Å². The molecule has 1 aliphatic rings. The second-order valence-electron chi connectivity index (χ2n) is 6.56. The van der Waals surface area contributed by atoms with Gasteiger partial charge in [-0.05, 0) is 24.3 Å². The summed E-state index contributed by atoms with van der Waals surface area (Å²) in [5.74, 6) is -0.700. The van der Waals surface area contributed by atoms with Gasteiger partial charge < -0.3 is 10.6 Å². The van der Waals surface area contributed by atoms with E-state index in [2.05, 4.69) is 36.6 Å². The predicted octanol–water partition coefficient (Wildman–Crippen LogP) is 1.41. The van der Waals surface area contributed by atoms with E-state index in [-0.39, 0.29) is 36.4 Å². The van der Waals surface area contributed by atoms with Crippen molar-refractivity contribution in [3.05, 3.63) is 35.9 Å². The van der Waals surface area contributed by atoms with Crippen LogP contribution in [0.25, 0.3) is 0 Å². The Morgan fingerprint density at radius 1 is 1.30 bits per heavy atom. The molecular formula is C17H23N3O3. The fraction of sp³-hybridized carbons (Fsp3) is 0.471. The quantitative estimate of drug-likeness (QED) is 0.779. The van der Waals surface area contributed by atoms with Gasteiger partial charge in [0.2, 0.25) is 5.91 Å². The second-order valence-corrected chi connectivity index (χ2v) is 6.56. The molecule has 1 aromatic carbocycles. The fourth-order valence-corrected chi connectivity index (χ4v) is 2.90. The maximum absolute atomic E-state index is 12.0. The number of benzene rings is 1. The van der Waals surface area contributed by atoms with Gasteiger partial charge in [-0.25, -0.2) is 4.79 Å². The first-order valence-corrected chi connectivity index (χ1v) is 7.72. The summed E-state index contributed by atoms with van der Waals surface area (Å²) in [7, 11) is 0. The molecule has 23 heavy (non-hydrogen) atoms. The van der Waals surface area contributed by atoms with E-state index in [1.807, 2.05) is 25.1 Å². The first-order valence-electron chi connectivity index (χ1n) is 7.72. The molecule has 4 amide bonds. The van der Waals surface area contributed by atoms with Gasteiger partial charge in [-0.15, -0.1) is 0 Å². The number of imide groups is 1. The molecule has 1 heterocycles. The van der Waals surface area contributed by atoms with Gasteiger partial charge in [-0.2, -0.15) is 0 Å². The first kappa shape index (κ1) is 17.0. The summed E-state index contributed by atoms with van der Waals surface area (Å²) in [5.41, 5.74) is 1.12. The highest BCUT2D eigenvalue weighted by Crippen LogP contribution is 2.28. The topological polar surface area (TPSA) is 78.5 Å². The minimum absolute atomic E-state index is 0.0390. The average Bonchev–Trinajstić information content (AvgIpc) is 2.79. The van der Waals surface area contributed by atoms with Gasteiger partial charge >= 0.3 is 6.03 Å². The van der Waals surface area contributed by atoms with Gasteiger partial charge in [-0.1, -0.05) is 44.2 Å². The molecule has 124 valence electrons. The minimum Gasteiger partial charge on any atom is -0.352 e. The standard InChI is InChI=1S/C17H23N3O3/c1-12(9-17(2,3)13-7-5-4-6-8-13)19-14(21)11-20-15(22)10-18-16(20)23/h4-8,12H,9-11H2,1-3H3,(H,18,23)(H,19,21). The Labute approximate surface area is 136 Å². The molecule has 1 aromatic rings. The van der Waals surface area contributed by atoms with Gasteiger partial charge in [0, 0.05) is 6.04 Å². The summed E-state index contributed by atoms with van der Waals surface area (Å²) in [5, 5.41) is 5.26. The van der Waals surface area contributed by atoms with Crippen molar-refractivity contribution in [2.45, 2.75) is 38.6 Å². The average molecular weight is 317 g/mol. The second kappa shape index (κ2) is 6.81. The number of amides is 4. The zero-order valence-corrected chi connectivity index (χ0v) is 13.8. The molecule has 0 bridgehead atoms. The molecule has 1 unspecified atom stereocenters. The van der Waals surface area contributed by atoms with Gasteiger partial charge in [0.05, 0.1) is 6.54 Å². The van der Waals surface area contributed by atoms with Crippen LogP contribution in [0, 0.1) is 0 Å². The number of hydrogen-bond donors (Lipinski definition) is 2. The molecule has 6 nitrogen and oxygen atoms in total. The zero-order valence-electron chi connectivity index (χ0n) is 13.8. The van der Waals surface area contributed by atoms with Crippen molar-refractivity contribution in [3.8, 4) is 0 Å². The fourth-order valence-electron chi connectivity index (χ4n) is 2.90. The summed E-state index contributed by atoms with van der Waals surface area (Å²) in [6.07, 6.45) is 0.753. The number of urea groups is 1. The Bertz CT molecular complexity index is 582. The molecule has 0 radical (unpaired) electrons. The molecule has 1 atom stereocenters. The largest absolute Gasteiger partial charge is 0.352 e. The lowest BCUT2D eigenvalue weighted by Gasteiger charge is -2.29. The summed E-state index contributed by atoms with van der Waals surface area (Å²) >= 11 is 0. The van der Waals surface area contributed by atoms with E-state index in [0.29, 0.717) is 0 Å². The molecule has 0 saturated carbocycles. The van der Waals surface area contributed by atoms with Gasteiger partial charge in [-0.3, -0.25) is 14.5 Å². The third kappa shape index (κ3) is 4.31. The van der Waals surface area contributed by atoms with E-state index in [1.165, 1.54) is 5.56 Å². The van der Waals surface area contributed by atoms with Crippen LogP contribution in [0.3, 0.4) is 0 Å². The maximum Gasteiger partial charge on any atom is 0.325 e. The minimum atomic E-state index is -0.512. The summed E-state index contributed by atoms with van der Waals surface area (Å²) in [4.78, 5) is 35.9. The van der Waals surface area contributed by atoms with E-state index in [9.17, 15) is 14.4 Å². The first-order chi connectivity index (χ1) is 10.8. The molecule has 0 aliphatic carbocycles. The number of nitrogens with zero attached hydrogens (tertiary/aromatic N) is 1. The lowest BCUT2D eigenvalue weighted by molar-refractivity contribution is -0.130. The Balaban J connectivity index is 1.89. The van der Waals surface area contributed by atoms with E-state index >= 15 is 0 Å². The van der Waals surface area contributed by atoms with Crippen molar-refractivity contribution in [2.24, 2.45) is 0 Å². The molecule has 2 rings (SSSR count). The van der Waals surface area contributed by atoms with E-state index < -0.39 is 6.03 Å². The highest BCUT2D eigenvalue weighted by molar-refractivity contribution is 6.04. The van der Waals surface area contributed by atoms with Crippen LogP contribution >= 0.6 is 0 Å².